The summed E-state index contributed by atoms with van der Waals surface area (Å²) in [5, 5.41) is 3.49. The number of carbonyl (C=O) groups is 1. The maximum absolute atomic E-state index is 12.7. The van der Waals surface area contributed by atoms with Gasteiger partial charge in [-0.3, -0.25) is 9.78 Å². The molecule has 0 unspecified atom stereocenters. The first kappa shape index (κ1) is 16.9. The van der Waals surface area contributed by atoms with Crippen molar-refractivity contribution in [2.75, 3.05) is 11.9 Å². The molecule has 0 aromatic carbocycles. The minimum atomic E-state index is 0.0977. The fraction of sp³-hybridized carbons (Fsp3) is 0.500. The standard InChI is InChI=1S/C20H25N5O/c1-12-13(2)23-14(3)24-20(12)22-11-16-9-18(26)25(17-6-7-17)19(16)15-5-4-8-21-10-15/h4-5,8,10,16-17,19H,6-7,9,11H2,1-3H3,(H,22,23,24)/t16-,19-/m0/s1. The second kappa shape index (κ2) is 6.67. The zero-order valence-corrected chi connectivity index (χ0v) is 15.6. The first-order chi connectivity index (χ1) is 12.5. The highest BCUT2D eigenvalue weighted by Gasteiger charge is 2.47. The molecular formula is C20H25N5O. The lowest BCUT2D eigenvalue weighted by atomic mass is 9.94. The van der Waals surface area contributed by atoms with Gasteiger partial charge in [0.2, 0.25) is 5.91 Å². The van der Waals surface area contributed by atoms with Crippen LogP contribution in [-0.2, 0) is 4.79 Å². The summed E-state index contributed by atoms with van der Waals surface area (Å²) in [4.78, 5) is 28.0. The Bertz CT molecular complexity index is 818. The maximum Gasteiger partial charge on any atom is 0.223 e. The number of nitrogens with one attached hydrogen (secondary N) is 1. The summed E-state index contributed by atoms with van der Waals surface area (Å²) in [5.41, 5.74) is 3.19. The topological polar surface area (TPSA) is 71.0 Å². The molecule has 0 bridgehead atoms. The Balaban J connectivity index is 1.58. The van der Waals surface area contributed by atoms with Crippen LogP contribution in [0.25, 0.3) is 0 Å². The van der Waals surface area contributed by atoms with Crippen LogP contribution in [0.4, 0.5) is 5.82 Å². The third-order valence-electron chi connectivity index (χ3n) is 5.47. The van der Waals surface area contributed by atoms with Crippen LogP contribution in [-0.4, -0.2) is 38.3 Å². The number of hydrogen-bond acceptors (Lipinski definition) is 5. The molecule has 136 valence electrons. The molecule has 3 heterocycles. The normalized spacial score (nSPS) is 22.7. The van der Waals surface area contributed by atoms with Crippen molar-refractivity contribution in [2.45, 2.75) is 52.1 Å². The number of aryl methyl sites for hydroxylation is 2. The summed E-state index contributed by atoms with van der Waals surface area (Å²) in [6, 6.07) is 4.54. The highest BCUT2D eigenvalue weighted by atomic mass is 16.2. The summed E-state index contributed by atoms with van der Waals surface area (Å²) in [6.45, 7) is 6.66. The summed E-state index contributed by atoms with van der Waals surface area (Å²) in [5.74, 6) is 2.11. The van der Waals surface area contributed by atoms with E-state index in [9.17, 15) is 4.79 Å². The Hall–Kier alpha value is -2.50. The van der Waals surface area contributed by atoms with Gasteiger partial charge in [0, 0.05) is 48.6 Å². The summed E-state index contributed by atoms with van der Waals surface area (Å²) in [6.07, 6.45) is 6.49. The van der Waals surface area contributed by atoms with Crippen LogP contribution in [0, 0.1) is 26.7 Å². The number of rotatable bonds is 5. The molecule has 1 aliphatic heterocycles. The number of amides is 1. The zero-order chi connectivity index (χ0) is 18.3. The van der Waals surface area contributed by atoms with Gasteiger partial charge >= 0.3 is 0 Å². The molecule has 1 N–H and O–H groups in total. The minimum absolute atomic E-state index is 0.0977. The zero-order valence-electron chi connectivity index (χ0n) is 15.6. The fourth-order valence-electron chi connectivity index (χ4n) is 3.94. The van der Waals surface area contributed by atoms with E-state index in [1.54, 1.807) is 6.20 Å². The van der Waals surface area contributed by atoms with E-state index in [0.717, 1.165) is 41.3 Å². The molecule has 2 fully saturated rings. The summed E-state index contributed by atoms with van der Waals surface area (Å²) in [7, 11) is 0. The van der Waals surface area contributed by atoms with Crippen LogP contribution >= 0.6 is 0 Å². The molecule has 6 heteroatoms. The van der Waals surface area contributed by atoms with Crippen molar-refractivity contribution >= 4 is 11.7 Å². The van der Waals surface area contributed by atoms with E-state index >= 15 is 0 Å². The van der Waals surface area contributed by atoms with Gasteiger partial charge in [-0.25, -0.2) is 9.97 Å². The Kier molecular flexibility index (Phi) is 4.34. The number of hydrogen-bond donors (Lipinski definition) is 1. The predicted molar refractivity (Wildman–Crippen MR) is 99.7 cm³/mol. The number of likely N-dealkylation sites (tertiary alicyclic amines) is 1. The third-order valence-corrected chi connectivity index (χ3v) is 5.47. The van der Waals surface area contributed by atoms with Crippen LogP contribution in [0.3, 0.4) is 0 Å². The van der Waals surface area contributed by atoms with Crippen molar-refractivity contribution in [1.29, 1.82) is 0 Å². The van der Waals surface area contributed by atoms with Gasteiger partial charge < -0.3 is 10.2 Å². The average molecular weight is 351 g/mol. The maximum atomic E-state index is 12.7. The average Bonchev–Trinajstić information content (AvgIpc) is 3.40. The number of aromatic nitrogens is 3. The number of anilines is 1. The van der Waals surface area contributed by atoms with Gasteiger partial charge in [0.1, 0.15) is 11.6 Å². The molecule has 2 aromatic heterocycles. The van der Waals surface area contributed by atoms with Crippen molar-refractivity contribution < 1.29 is 4.79 Å². The van der Waals surface area contributed by atoms with Crippen molar-refractivity contribution in [3.8, 4) is 0 Å². The van der Waals surface area contributed by atoms with E-state index < -0.39 is 0 Å². The highest BCUT2D eigenvalue weighted by molar-refractivity contribution is 5.80. The monoisotopic (exact) mass is 351 g/mol. The third kappa shape index (κ3) is 3.16. The first-order valence-corrected chi connectivity index (χ1v) is 9.31. The van der Waals surface area contributed by atoms with Crippen LogP contribution in [0.15, 0.2) is 24.5 Å². The van der Waals surface area contributed by atoms with Gasteiger partial charge in [0.15, 0.2) is 0 Å². The largest absolute Gasteiger partial charge is 0.369 e. The Morgan fingerprint density at radius 3 is 2.73 bits per heavy atom. The molecule has 1 saturated carbocycles. The molecule has 2 aromatic rings. The van der Waals surface area contributed by atoms with Crippen molar-refractivity contribution in [3.05, 3.63) is 47.2 Å². The van der Waals surface area contributed by atoms with E-state index in [4.69, 9.17) is 0 Å². The molecule has 0 radical (unpaired) electrons. The summed E-state index contributed by atoms with van der Waals surface area (Å²) < 4.78 is 0. The van der Waals surface area contributed by atoms with Gasteiger partial charge in [-0.15, -0.1) is 0 Å². The quantitative estimate of drug-likeness (QED) is 0.897. The first-order valence-electron chi connectivity index (χ1n) is 9.31. The molecule has 1 aliphatic carbocycles. The fourth-order valence-corrected chi connectivity index (χ4v) is 3.94. The van der Waals surface area contributed by atoms with Crippen molar-refractivity contribution in [3.63, 3.8) is 0 Å². The molecule has 6 nitrogen and oxygen atoms in total. The Morgan fingerprint density at radius 2 is 2.04 bits per heavy atom. The van der Waals surface area contributed by atoms with Crippen molar-refractivity contribution in [2.24, 2.45) is 5.92 Å². The van der Waals surface area contributed by atoms with Crippen LogP contribution < -0.4 is 5.32 Å². The Labute approximate surface area is 154 Å². The SMILES string of the molecule is Cc1nc(C)c(C)c(NC[C@@H]2CC(=O)N(C3CC3)[C@H]2c2cccnc2)n1. The summed E-state index contributed by atoms with van der Waals surface area (Å²) >= 11 is 0. The lowest BCUT2D eigenvalue weighted by Crippen LogP contribution is -2.32. The lowest BCUT2D eigenvalue weighted by molar-refractivity contribution is -0.129. The molecular weight excluding hydrogens is 326 g/mol. The predicted octanol–water partition coefficient (Wildman–Crippen LogP) is 2.96. The van der Waals surface area contributed by atoms with E-state index in [-0.39, 0.29) is 17.9 Å². The molecule has 4 rings (SSSR count). The smallest absolute Gasteiger partial charge is 0.223 e. The van der Waals surface area contributed by atoms with Gasteiger partial charge in [-0.1, -0.05) is 6.07 Å². The molecule has 26 heavy (non-hydrogen) atoms. The van der Waals surface area contributed by atoms with Crippen LogP contribution in [0.5, 0.6) is 0 Å². The van der Waals surface area contributed by atoms with E-state index in [1.165, 1.54) is 0 Å². The second-order valence-electron chi connectivity index (χ2n) is 7.44. The van der Waals surface area contributed by atoms with Crippen LogP contribution in [0.1, 0.15) is 47.9 Å². The molecule has 0 spiro atoms. The second-order valence-corrected chi connectivity index (χ2v) is 7.44. The number of pyridine rings is 1. The van der Waals surface area contributed by atoms with E-state index in [0.29, 0.717) is 19.0 Å². The lowest BCUT2D eigenvalue weighted by Gasteiger charge is -2.29. The van der Waals surface area contributed by atoms with Crippen LogP contribution in [0.2, 0.25) is 0 Å². The van der Waals surface area contributed by atoms with Gasteiger partial charge in [-0.05, 0) is 45.2 Å². The van der Waals surface area contributed by atoms with Crippen molar-refractivity contribution in [1.82, 2.24) is 19.9 Å². The highest BCUT2D eigenvalue weighted by Crippen LogP contribution is 2.44. The van der Waals surface area contributed by atoms with Gasteiger partial charge in [0.25, 0.3) is 0 Å². The molecule has 1 amide bonds. The molecule has 2 aliphatic rings. The van der Waals surface area contributed by atoms with E-state index in [2.05, 4.69) is 31.2 Å². The Morgan fingerprint density at radius 1 is 1.23 bits per heavy atom. The van der Waals surface area contributed by atoms with Gasteiger partial charge in [-0.2, -0.15) is 0 Å². The molecule has 1 saturated heterocycles. The van der Waals surface area contributed by atoms with E-state index in [1.807, 2.05) is 33.0 Å². The van der Waals surface area contributed by atoms with Gasteiger partial charge in [0.05, 0.1) is 6.04 Å². The number of nitrogens with zero attached hydrogens (tertiary/aromatic N) is 4. The minimum Gasteiger partial charge on any atom is -0.369 e. The molecule has 2 atom stereocenters. The number of carbonyl (C=O) groups excluding carboxylic acids is 1.